The molecular formula is C13H20O5. The van der Waals surface area contributed by atoms with Crippen molar-refractivity contribution >= 4 is 17.7 Å². The molecule has 0 aromatic heterocycles. The number of Topliss-reactive ketones (excluding diaryl/α,β-unsaturated/α-hetero) is 1. The summed E-state index contributed by atoms with van der Waals surface area (Å²) in [6.45, 7) is 5.28. The molecule has 5 heteroatoms. The van der Waals surface area contributed by atoms with Gasteiger partial charge in [-0.05, 0) is 27.2 Å². The van der Waals surface area contributed by atoms with Crippen molar-refractivity contribution in [2.45, 2.75) is 52.6 Å². The van der Waals surface area contributed by atoms with Gasteiger partial charge in [0, 0.05) is 12.8 Å². The van der Waals surface area contributed by atoms with E-state index in [1.165, 1.54) is 0 Å². The van der Waals surface area contributed by atoms with E-state index in [9.17, 15) is 14.4 Å². The Labute approximate surface area is 107 Å². The molecule has 0 aliphatic carbocycles. The molecule has 5 nitrogen and oxygen atoms in total. The van der Waals surface area contributed by atoms with Crippen molar-refractivity contribution < 1.29 is 23.9 Å². The first-order valence-electron chi connectivity index (χ1n) is 6.17. The molecule has 1 aliphatic rings. The van der Waals surface area contributed by atoms with E-state index in [-0.39, 0.29) is 31.2 Å². The number of rotatable bonds is 2. The van der Waals surface area contributed by atoms with E-state index in [2.05, 4.69) is 0 Å². The van der Waals surface area contributed by atoms with Crippen LogP contribution in [-0.2, 0) is 23.9 Å². The van der Waals surface area contributed by atoms with Crippen LogP contribution in [0.5, 0.6) is 0 Å². The highest BCUT2D eigenvalue weighted by Gasteiger charge is 2.26. The number of carbonyl (C=O) groups excluding carboxylic acids is 3. The van der Waals surface area contributed by atoms with E-state index in [0.717, 1.165) is 0 Å². The van der Waals surface area contributed by atoms with Crippen molar-refractivity contribution in [1.29, 1.82) is 0 Å². The van der Waals surface area contributed by atoms with E-state index in [1.807, 2.05) is 0 Å². The maximum atomic E-state index is 11.6. The topological polar surface area (TPSA) is 69.7 Å². The van der Waals surface area contributed by atoms with Crippen molar-refractivity contribution in [2.24, 2.45) is 5.41 Å². The third-order valence-electron chi connectivity index (χ3n) is 2.66. The first-order valence-corrected chi connectivity index (χ1v) is 6.17. The summed E-state index contributed by atoms with van der Waals surface area (Å²) in [5, 5.41) is 0. The van der Waals surface area contributed by atoms with Gasteiger partial charge >= 0.3 is 11.9 Å². The van der Waals surface area contributed by atoms with E-state index in [0.29, 0.717) is 12.8 Å². The normalized spacial score (nSPS) is 21.8. The molecular weight excluding hydrogens is 236 g/mol. The highest BCUT2D eigenvalue weighted by molar-refractivity contribution is 5.83. The maximum absolute atomic E-state index is 11.6. The monoisotopic (exact) mass is 256 g/mol. The summed E-state index contributed by atoms with van der Waals surface area (Å²) in [7, 11) is 0. The fourth-order valence-electron chi connectivity index (χ4n) is 1.49. The minimum atomic E-state index is -0.582. The third kappa shape index (κ3) is 4.85. The summed E-state index contributed by atoms with van der Waals surface area (Å²) in [6.07, 6.45) is 0.635. The standard InChI is InChI=1S/C13H20O5/c1-13(2,3)12(16)17-8-10-6-4-9(14)5-7-11(15)18-10/h10H,4-8H2,1-3H3/t10-/m1/s1. The van der Waals surface area contributed by atoms with Crippen LogP contribution in [0.15, 0.2) is 0 Å². The summed E-state index contributed by atoms with van der Waals surface area (Å²) in [6, 6.07) is 0. The third-order valence-corrected chi connectivity index (χ3v) is 2.66. The number of ketones is 1. The Morgan fingerprint density at radius 1 is 1.28 bits per heavy atom. The molecule has 1 aliphatic heterocycles. The molecule has 1 saturated heterocycles. The molecule has 0 saturated carbocycles. The molecule has 1 heterocycles. The number of cyclic esters (lactones) is 1. The Balaban J connectivity index is 2.47. The second kappa shape index (κ2) is 5.98. The van der Waals surface area contributed by atoms with Gasteiger partial charge in [-0.15, -0.1) is 0 Å². The van der Waals surface area contributed by atoms with Crippen LogP contribution >= 0.6 is 0 Å². The fraction of sp³-hybridized carbons (Fsp3) is 0.769. The summed E-state index contributed by atoms with van der Waals surface area (Å²) in [5.41, 5.74) is -0.582. The molecule has 1 fully saturated rings. The molecule has 1 atom stereocenters. The summed E-state index contributed by atoms with van der Waals surface area (Å²) >= 11 is 0. The Morgan fingerprint density at radius 2 is 1.94 bits per heavy atom. The van der Waals surface area contributed by atoms with Crippen molar-refractivity contribution in [3.63, 3.8) is 0 Å². The lowest BCUT2D eigenvalue weighted by Gasteiger charge is -2.22. The molecule has 0 radical (unpaired) electrons. The van der Waals surface area contributed by atoms with Gasteiger partial charge in [0.25, 0.3) is 0 Å². The van der Waals surface area contributed by atoms with Gasteiger partial charge in [-0.3, -0.25) is 14.4 Å². The second-order valence-electron chi connectivity index (χ2n) is 5.54. The molecule has 18 heavy (non-hydrogen) atoms. The van der Waals surface area contributed by atoms with Gasteiger partial charge < -0.3 is 9.47 Å². The number of ether oxygens (including phenoxy) is 2. The second-order valence-corrected chi connectivity index (χ2v) is 5.54. The zero-order chi connectivity index (χ0) is 13.8. The van der Waals surface area contributed by atoms with Crippen molar-refractivity contribution in [1.82, 2.24) is 0 Å². The molecule has 102 valence electrons. The first kappa shape index (κ1) is 14.7. The average molecular weight is 256 g/mol. The average Bonchev–Trinajstić information content (AvgIpc) is 2.26. The minimum absolute atomic E-state index is 0.0229. The molecule has 0 bridgehead atoms. The van der Waals surface area contributed by atoms with Crippen LogP contribution < -0.4 is 0 Å². The van der Waals surface area contributed by atoms with Gasteiger partial charge in [0.2, 0.25) is 0 Å². The number of hydrogen-bond donors (Lipinski definition) is 0. The molecule has 0 unspecified atom stereocenters. The number of hydrogen-bond acceptors (Lipinski definition) is 5. The summed E-state index contributed by atoms with van der Waals surface area (Å²) in [5.74, 6) is -0.689. The Kier molecular flexibility index (Phi) is 4.87. The molecule has 1 rings (SSSR count). The smallest absolute Gasteiger partial charge is 0.311 e. The summed E-state index contributed by atoms with van der Waals surface area (Å²) < 4.78 is 10.2. The fourth-order valence-corrected chi connectivity index (χ4v) is 1.49. The predicted octanol–water partition coefficient (Wildman–Crippen LogP) is 1.63. The predicted molar refractivity (Wildman–Crippen MR) is 63.8 cm³/mol. The van der Waals surface area contributed by atoms with E-state index in [4.69, 9.17) is 9.47 Å². The van der Waals surface area contributed by atoms with E-state index < -0.39 is 17.5 Å². The van der Waals surface area contributed by atoms with Crippen LogP contribution in [0.4, 0.5) is 0 Å². The van der Waals surface area contributed by atoms with Gasteiger partial charge in [-0.25, -0.2) is 0 Å². The van der Waals surface area contributed by atoms with Crippen molar-refractivity contribution in [3.05, 3.63) is 0 Å². The van der Waals surface area contributed by atoms with Crippen LogP contribution in [0, 0.1) is 5.41 Å². The van der Waals surface area contributed by atoms with Crippen LogP contribution in [0.1, 0.15) is 46.5 Å². The van der Waals surface area contributed by atoms with Crippen LogP contribution in [0.3, 0.4) is 0 Å². The minimum Gasteiger partial charge on any atom is -0.461 e. The molecule has 0 aromatic rings. The van der Waals surface area contributed by atoms with Gasteiger partial charge in [-0.2, -0.15) is 0 Å². The number of esters is 2. The summed E-state index contributed by atoms with van der Waals surface area (Å²) in [4.78, 5) is 34.2. The quantitative estimate of drug-likeness (QED) is 0.702. The highest BCUT2D eigenvalue weighted by atomic mass is 16.6. The van der Waals surface area contributed by atoms with Crippen LogP contribution in [0.25, 0.3) is 0 Å². The largest absolute Gasteiger partial charge is 0.461 e. The SMILES string of the molecule is CC(C)(C)C(=O)OC[C@H]1CCC(=O)CCC(=O)O1. The van der Waals surface area contributed by atoms with Gasteiger partial charge in [-0.1, -0.05) is 0 Å². The lowest BCUT2D eigenvalue weighted by Crippen LogP contribution is -2.31. The zero-order valence-electron chi connectivity index (χ0n) is 11.2. The Bertz CT molecular complexity index is 340. The van der Waals surface area contributed by atoms with E-state index in [1.54, 1.807) is 20.8 Å². The van der Waals surface area contributed by atoms with Crippen LogP contribution in [0.2, 0.25) is 0 Å². The maximum Gasteiger partial charge on any atom is 0.311 e. The zero-order valence-corrected chi connectivity index (χ0v) is 11.2. The molecule has 0 N–H and O–H groups in total. The van der Waals surface area contributed by atoms with Crippen molar-refractivity contribution in [3.8, 4) is 0 Å². The lowest BCUT2D eigenvalue weighted by molar-refractivity contribution is -0.165. The lowest BCUT2D eigenvalue weighted by atomic mass is 9.97. The van der Waals surface area contributed by atoms with Crippen molar-refractivity contribution in [2.75, 3.05) is 6.61 Å². The Hall–Kier alpha value is -1.39. The van der Waals surface area contributed by atoms with Gasteiger partial charge in [0.15, 0.2) is 0 Å². The van der Waals surface area contributed by atoms with Crippen LogP contribution in [-0.4, -0.2) is 30.4 Å². The Morgan fingerprint density at radius 3 is 2.56 bits per heavy atom. The van der Waals surface area contributed by atoms with E-state index >= 15 is 0 Å². The van der Waals surface area contributed by atoms with Gasteiger partial charge in [0.05, 0.1) is 11.8 Å². The molecule has 0 spiro atoms. The highest BCUT2D eigenvalue weighted by Crippen LogP contribution is 2.17. The number of carbonyl (C=O) groups is 3. The molecule has 0 aromatic carbocycles. The molecule has 0 amide bonds. The van der Waals surface area contributed by atoms with Gasteiger partial charge in [0.1, 0.15) is 18.5 Å². The first-order chi connectivity index (χ1) is 8.29.